The molecule has 5 nitrogen and oxygen atoms in total. The highest BCUT2D eigenvalue weighted by atomic mass is 16.5. The smallest absolute Gasteiger partial charge is 0.258 e. The van der Waals surface area contributed by atoms with Crippen molar-refractivity contribution in [2.24, 2.45) is 0 Å². The molecule has 0 aromatic heterocycles. The minimum absolute atomic E-state index is 0.0611. The summed E-state index contributed by atoms with van der Waals surface area (Å²) in [5, 5.41) is 2.97. The van der Waals surface area contributed by atoms with Gasteiger partial charge in [0, 0.05) is 18.7 Å². The molecule has 4 rings (SSSR count). The second kappa shape index (κ2) is 9.47. The van der Waals surface area contributed by atoms with Crippen LogP contribution in [-0.2, 0) is 9.59 Å². The number of nitrogens with zero attached hydrogens (tertiary/aromatic N) is 1. The number of carbonyl (C=O) groups excluding carboxylic acids is 2. The topological polar surface area (TPSA) is 58.6 Å². The quantitative estimate of drug-likeness (QED) is 0.608. The van der Waals surface area contributed by atoms with Crippen molar-refractivity contribution < 1.29 is 14.3 Å². The van der Waals surface area contributed by atoms with E-state index in [2.05, 4.69) is 29.6 Å². The average molecular weight is 415 g/mol. The van der Waals surface area contributed by atoms with Crippen LogP contribution in [0.1, 0.15) is 31.4 Å². The summed E-state index contributed by atoms with van der Waals surface area (Å²) in [5.74, 6) is 0.572. The molecule has 0 saturated carbocycles. The van der Waals surface area contributed by atoms with Gasteiger partial charge in [-0.25, -0.2) is 0 Å². The maximum absolute atomic E-state index is 12.3. The number of ether oxygens (including phenoxy) is 1. The van der Waals surface area contributed by atoms with Crippen molar-refractivity contribution in [2.75, 3.05) is 18.1 Å². The van der Waals surface area contributed by atoms with Gasteiger partial charge in [-0.2, -0.15) is 0 Å². The number of amides is 2. The van der Waals surface area contributed by atoms with E-state index in [1.54, 1.807) is 17.0 Å². The SMILES string of the molecule is C[C@@H](NC(=O)COc1ccc(N2CCCC2=O)cc1)c1ccc(-c2ccccc2)cc1. The van der Waals surface area contributed by atoms with Crippen LogP contribution in [0, 0.1) is 0 Å². The molecule has 0 aliphatic carbocycles. The van der Waals surface area contributed by atoms with Gasteiger partial charge in [-0.15, -0.1) is 0 Å². The van der Waals surface area contributed by atoms with E-state index in [0.717, 1.165) is 29.8 Å². The Balaban J connectivity index is 1.28. The molecule has 0 radical (unpaired) electrons. The molecule has 0 unspecified atom stereocenters. The van der Waals surface area contributed by atoms with Gasteiger partial charge in [-0.1, -0.05) is 54.6 Å². The van der Waals surface area contributed by atoms with Gasteiger partial charge in [0.15, 0.2) is 6.61 Å². The summed E-state index contributed by atoms with van der Waals surface area (Å²) in [5.41, 5.74) is 4.21. The minimum Gasteiger partial charge on any atom is -0.484 e. The molecular weight excluding hydrogens is 388 g/mol. The fourth-order valence-electron chi connectivity index (χ4n) is 3.75. The molecule has 1 aliphatic rings. The van der Waals surface area contributed by atoms with Crippen molar-refractivity contribution in [2.45, 2.75) is 25.8 Å². The lowest BCUT2D eigenvalue weighted by Crippen LogP contribution is -2.31. The first kappa shape index (κ1) is 20.7. The maximum Gasteiger partial charge on any atom is 0.258 e. The Morgan fingerprint density at radius 1 is 0.968 bits per heavy atom. The highest BCUT2D eigenvalue weighted by Crippen LogP contribution is 2.24. The lowest BCUT2D eigenvalue weighted by atomic mass is 10.0. The molecular formula is C26H26N2O3. The van der Waals surface area contributed by atoms with Crippen LogP contribution in [0.5, 0.6) is 5.75 Å². The highest BCUT2D eigenvalue weighted by Gasteiger charge is 2.21. The number of hydrogen-bond donors (Lipinski definition) is 1. The molecule has 5 heteroatoms. The van der Waals surface area contributed by atoms with Crippen LogP contribution in [0.2, 0.25) is 0 Å². The zero-order valence-electron chi connectivity index (χ0n) is 17.6. The third kappa shape index (κ3) is 5.12. The van der Waals surface area contributed by atoms with Gasteiger partial charge in [-0.05, 0) is 54.3 Å². The molecule has 2 amide bonds. The second-order valence-corrected chi connectivity index (χ2v) is 7.71. The highest BCUT2D eigenvalue weighted by molar-refractivity contribution is 5.95. The average Bonchev–Trinajstić information content (AvgIpc) is 3.24. The summed E-state index contributed by atoms with van der Waals surface area (Å²) in [7, 11) is 0. The van der Waals surface area contributed by atoms with E-state index in [4.69, 9.17) is 4.74 Å². The van der Waals surface area contributed by atoms with Gasteiger partial charge < -0.3 is 15.0 Å². The van der Waals surface area contributed by atoms with Crippen molar-refractivity contribution in [1.29, 1.82) is 0 Å². The zero-order chi connectivity index (χ0) is 21.6. The Labute approximate surface area is 182 Å². The minimum atomic E-state index is -0.182. The first-order chi connectivity index (χ1) is 15.1. The first-order valence-electron chi connectivity index (χ1n) is 10.6. The van der Waals surface area contributed by atoms with Gasteiger partial charge in [-0.3, -0.25) is 9.59 Å². The Morgan fingerprint density at radius 2 is 1.65 bits per heavy atom. The van der Waals surface area contributed by atoms with E-state index >= 15 is 0 Å². The largest absolute Gasteiger partial charge is 0.484 e. The summed E-state index contributed by atoms with van der Waals surface area (Å²) in [6.07, 6.45) is 1.50. The van der Waals surface area contributed by atoms with E-state index in [-0.39, 0.29) is 24.5 Å². The molecule has 31 heavy (non-hydrogen) atoms. The third-order valence-electron chi connectivity index (χ3n) is 5.49. The molecule has 3 aromatic rings. The van der Waals surface area contributed by atoms with E-state index < -0.39 is 0 Å². The molecule has 1 saturated heterocycles. The molecule has 3 aromatic carbocycles. The van der Waals surface area contributed by atoms with Crippen LogP contribution < -0.4 is 15.0 Å². The lowest BCUT2D eigenvalue weighted by Gasteiger charge is -2.17. The molecule has 158 valence electrons. The Bertz CT molecular complexity index is 1030. The first-order valence-corrected chi connectivity index (χ1v) is 10.6. The number of hydrogen-bond acceptors (Lipinski definition) is 3. The zero-order valence-corrected chi connectivity index (χ0v) is 17.6. The summed E-state index contributed by atoms with van der Waals surface area (Å²) in [6, 6.07) is 25.6. The summed E-state index contributed by atoms with van der Waals surface area (Å²) < 4.78 is 5.61. The lowest BCUT2D eigenvalue weighted by molar-refractivity contribution is -0.123. The van der Waals surface area contributed by atoms with Crippen molar-refractivity contribution >= 4 is 17.5 Å². The monoisotopic (exact) mass is 414 g/mol. The second-order valence-electron chi connectivity index (χ2n) is 7.71. The van der Waals surface area contributed by atoms with Crippen molar-refractivity contribution in [3.05, 3.63) is 84.4 Å². The van der Waals surface area contributed by atoms with Gasteiger partial charge in [0.1, 0.15) is 5.75 Å². The summed E-state index contributed by atoms with van der Waals surface area (Å²) in [6.45, 7) is 2.65. The van der Waals surface area contributed by atoms with Gasteiger partial charge in [0.2, 0.25) is 5.91 Å². The Hall–Kier alpha value is -3.60. The maximum atomic E-state index is 12.3. The number of carbonyl (C=O) groups is 2. The summed E-state index contributed by atoms with van der Waals surface area (Å²) in [4.78, 5) is 25.9. The Kier molecular flexibility index (Phi) is 6.32. The van der Waals surface area contributed by atoms with E-state index in [1.807, 2.05) is 49.4 Å². The van der Waals surface area contributed by atoms with Crippen molar-refractivity contribution in [3.8, 4) is 16.9 Å². The van der Waals surface area contributed by atoms with E-state index in [0.29, 0.717) is 12.2 Å². The predicted octanol–water partition coefficient (Wildman–Crippen LogP) is 4.74. The van der Waals surface area contributed by atoms with Gasteiger partial charge >= 0.3 is 0 Å². The number of anilines is 1. The van der Waals surface area contributed by atoms with Crippen LogP contribution >= 0.6 is 0 Å². The normalized spacial score (nSPS) is 14.4. The van der Waals surface area contributed by atoms with Crippen LogP contribution in [0.4, 0.5) is 5.69 Å². The predicted molar refractivity (Wildman–Crippen MR) is 122 cm³/mol. The molecule has 0 spiro atoms. The van der Waals surface area contributed by atoms with Gasteiger partial charge in [0.25, 0.3) is 5.91 Å². The van der Waals surface area contributed by atoms with Crippen molar-refractivity contribution in [3.63, 3.8) is 0 Å². The fourth-order valence-corrected chi connectivity index (χ4v) is 3.75. The van der Waals surface area contributed by atoms with Crippen LogP contribution in [0.25, 0.3) is 11.1 Å². The molecule has 0 bridgehead atoms. The molecule has 1 fully saturated rings. The van der Waals surface area contributed by atoms with Crippen LogP contribution in [-0.4, -0.2) is 25.0 Å². The number of nitrogens with one attached hydrogen (secondary N) is 1. The number of rotatable bonds is 7. The van der Waals surface area contributed by atoms with Gasteiger partial charge in [0.05, 0.1) is 6.04 Å². The van der Waals surface area contributed by atoms with E-state index in [9.17, 15) is 9.59 Å². The third-order valence-corrected chi connectivity index (χ3v) is 5.49. The Morgan fingerprint density at radius 3 is 2.29 bits per heavy atom. The van der Waals surface area contributed by atoms with Crippen molar-refractivity contribution in [1.82, 2.24) is 5.32 Å². The number of benzene rings is 3. The summed E-state index contributed by atoms with van der Waals surface area (Å²) >= 11 is 0. The van der Waals surface area contributed by atoms with E-state index in [1.165, 1.54) is 5.56 Å². The van der Waals surface area contributed by atoms with Crippen LogP contribution in [0.3, 0.4) is 0 Å². The molecule has 1 N–H and O–H groups in total. The van der Waals surface area contributed by atoms with Crippen LogP contribution in [0.15, 0.2) is 78.9 Å². The fraction of sp³-hybridized carbons (Fsp3) is 0.231. The molecule has 1 aliphatic heterocycles. The standard InChI is InChI=1S/C26H26N2O3/c1-19(20-9-11-22(12-10-20)21-6-3-2-4-7-21)27-25(29)18-31-24-15-13-23(14-16-24)28-17-5-8-26(28)30/h2-4,6-7,9-16,19H,5,8,17-18H2,1H3,(H,27,29)/t19-/m1/s1. The molecule has 1 atom stereocenters. The molecule has 1 heterocycles.